The zero-order valence-electron chi connectivity index (χ0n) is 10.8. The van der Waals surface area contributed by atoms with Crippen molar-refractivity contribution >= 4 is 5.69 Å². The molecule has 0 unspecified atom stereocenters. The van der Waals surface area contributed by atoms with Gasteiger partial charge in [0.1, 0.15) is 0 Å². The smallest absolute Gasteiger partial charge is 0.0589 e. The molecule has 0 amide bonds. The summed E-state index contributed by atoms with van der Waals surface area (Å²) in [6.45, 7) is 7.18. The minimum Gasteiger partial charge on any atom is -0.384 e. The molecule has 1 heterocycles. The molecule has 1 aromatic rings. The molecule has 1 N–H and O–H groups in total. The van der Waals surface area contributed by atoms with Crippen molar-refractivity contribution in [3.63, 3.8) is 0 Å². The molecular formula is C14H22N2O. The molecule has 0 radical (unpaired) electrons. The first kappa shape index (κ1) is 12.4. The third-order valence-electron chi connectivity index (χ3n) is 3.34. The number of fused-ring (bicyclic) bond motifs is 1. The van der Waals surface area contributed by atoms with Crippen LogP contribution in [0.2, 0.25) is 0 Å². The van der Waals surface area contributed by atoms with Crippen LogP contribution in [0.1, 0.15) is 18.1 Å². The number of ether oxygens (including phenoxy) is 1. The topological polar surface area (TPSA) is 24.5 Å². The first-order valence-corrected chi connectivity index (χ1v) is 6.40. The number of hydrogen-bond acceptors (Lipinski definition) is 3. The van der Waals surface area contributed by atoms with Crippen LogP contribution in [0.25, 0.3) is 0 Å². The lowest BCUT2D eigenvalue weighted by Crippen LogP contribution is -2.26. The summed E-state index contributed by atoms with van der Waals surface area (Å²) in [4.78, 5) is 2.41. The highest BCUT2D eigenvalue weighted by Gasteiger charge is 2.11. The van der Waals surface area contributed by atoms with E-state index in [1.807, 2.05) is 0 Å². The van der Waals surface area contributed by atoms with E-state index >= 15 is 0 Å². The molecule has 0 atom stereocenters. The van der Waals surface area contributed by atoms with Gasteiger partial charge in [0.15, 0.2) is 0 Å². The monoisotopic (exact) mass is 234 g/mol. The number of nitrogens with zero attached hydrogens (tertiary/aromatic N) is 1. The molecule has 1 aliphatic heterocycles. The number of hydrogen-bond donors (Lipinski definition) is 1. The van der Waals surface area contributed by atoms with Crippen LogP contribution in [0.5, 0.6) is 0 Å². The highest BCUT2D eigenvalue weighted by Crippen LogP contribution is 2.23. The predicted octanol–water partition coefficient (Wildman–Crippen LogP) is 2.12. The van der Waals surface area contributed by atoms with E-state index in [4.69, 9.17) is 4.74 Å². The van der Waals surface area contributed by atoms with Gasteiger partial charge in [-0.2, -0.15) is 0 Å². The number of benzene rings is 1. The third-order valence-corrected chi connectivity index (χ3v) is 3.34. The van der Waals surface area contributed by atoms with Gasteiger partial charge < -0.3 is 10.1 Å². The Bertz CT molecular complexity index is 365. The molecule has 0 saturated carbocycles. The van der Waals surface area contributed by atoms with E-state index in [0.29, 0.717) is 0 Å². The molecule has 17 heavy (non-hydrogen) atoms. The van der Waals surface area contributed by atoms with Gasteiger partial charge in [-0.25, -0.2) is 0 Å². The Morgan fingerprint density at radius 2 is 2.29 bits per heavy atom. The Morgan fingerprint density at radius 3 is 3.06 bits per heavy atom. The van der Waals surface area contributed by atoms with Crippen LogP contribution in [-0.2, 0) is 17.7 Å². The van der Waals surface area contributed by atoms with Crippen LogP contribution < -0.4 is 5.32 Å². The fourth-order valence-electron chi connectivity index (χ4n) is 2.28. The summed E-state index contributed by atoms with van der Waals surface area (Å²) in [6.07, 6.45) is 1.16. The van der Waals surface area contributed by atoms with Crippen LogP contribution in [-0.4, -0.2) is 38.3 Å². The van der Waals surface area contributed by atoms with Crippen molar-refractivity contribution in [2.24, 2.45) is 0 Å². The van der Waals surface area contributed by atoms with Crippen molar-refractivity contribution in [2.75, 3.05) is 38.7 Å². The second kappa shape index (κ2) is 6.03. The zero-order valence-corrected chi connectivity index (χ0v) is 10.8. The maximum Gasteiger partial charge on any atom is 0.0589 e. The van der Waals surface area contributed by atoms with Gasteiger partial charge in [0.05, 0.1) is 6.61 Å². The molecule has 0 fully saturated rings. The normalized spacial score (nSPS) is 13.8. The average molecular weight is 234 g/mol. The Morgan fingerprint density at radius 1 is 1.41 bits per heavy atom. The van der Waals surface area contributed by atoms with E-state index in [0.717, 1.165) is 39.2 Å². The second-order valence-corrected chi connectivity index (χ2v) is 4.53. The van der Waals surface area contributed by atoms with Crippen molar-refractivity contribution in [3.8, 4) is 0 Å². The molecule has 0 aromatic heterocycles. The molecule has 3 nitrogen and oxygen atoms in total. The Hall–Kier alpha value is -1.06. The van der Waals surface area contributed by atoms with Crippen molar-refractivity contribution in [1.82, 2.24) is 4.90 Å². The Balaban J connectivity index is 1.97. The Labute approximate surface area is 104 Å². The molecule has 3 heteroatoms. The highest BCUT2D eigenvalue weighted by molar-refractivity contribution is 5.56. The quantitative estimate of drug-likeness (QED) is 0.816. The Kier molecular flexibility index (Phi) is 4.40. The van der Waals surface area contributed by atoms with E-state index in [9.17, 15) is 0 Å². The summed E-state index contributed by atoms with van der Waals surface area (Å²) in [5.41, 5.74) is 4.18. The van der Waals surface area contributed by atoms with E-state index in [1.165, 1.54) is 16.8 Å². The van der Waals surface area contributed by atoms with Crippen LogP contribution in [0.3, 0.4) is 0 Å². The number of rotatable bonds is 6. The minimum absolute atomic E-state index is 0.806. The van der Waals surface area contributed by atoms with E-state index in [-0.39, 0.29) is 0 Å². The third kappa shape index (κ3) is 3.20. The van der Waals surface area contributed by atoms with Crippen LogP contribution >= 0.6 is 0 Å². The standard InChI is InChI=1S/C14H22N2O/c1-3-16(8-9-17-2)11-12-4-5-14-13(10-12)6-7-15-14/h4-5,10,15H,3,6-9,11H2,1-2H3. The maximum absolute atomic E-state index is 5.13. The van der Waals surface area contributed by atoms with E-state index in [2.05, 4.69) is 35.3 Å². The van der Waals surface area contributed by atoms with Crippen molar-refractivity contribution in [2.45, 2.75) is 19.9 Å². The first-order chi connectivity index (χ1) is 8.33. The summed E-state index contributed by atoms with van der Waals surface area (Å²) in [5.74, 6) is 0. The maximum atomic E-state index is 5.13. The fourth-order valence-corrected chi connectivity index (χ4v) is 2.28. The van der Waals surface area contributed by atoms with Gasteiger partial charge in [-0.15, -0.1) is 0 Å². The van der Waals surface area contributed by atoms with Gasteiger partial charge in [0.25, 0.3) is 0 Å². The first-order valence-electron chi connectivity index (χ1n) is 6.40. The minimum atomic E-state index is 0.806. The number of nitrogens with one attached hydrogen (secondary N) is 1. The van der Waals surface area contributed by atoms with Crippen LogP contribution in [0, 0.1) is 0 Å². The van der Waals surface area contributed by atoms with E-state index in [1.54, 1.807) is 7.11 Å². The summed E-state index contributed by atoms with van der Waals surface area (Å²) < 4.78 is 5.13. The van der Waals surface area contributed by atoms with Gasteiger partial charge in [-0.3, -0.25) is 4.90 Å². The summed E-state index contributed by atoms with van der Waals surface area (Å²) in [6, 6.07) is 6.78. The molecule has 2 rings (SSSR count). The van der Waals surface area contributed by atoms with Crippen molar-refractivity contribution < 1.29 is 4.74 Å². The number of anilines is 1. The summed E-state index contributed by atoms with van der Waals surface area (Å²) in [5, 5.41) is 3.40. The molecule has 0 bridgehead atoms. The molecule has 0 aliphatic carbocycles. The molecular weight excluding hydrogens is 212 g/mol. The molecule has 1 aromatic carbocycles. The van der Waals surface area contributed by atoms with Gasteiger partial charge in [0, 0.05) is 32.4 Å². The average Bonchev–Trinajstić information content (AvgIpc) is 2.81. The predicted molar refractivity (Wildman–Crippen MR) is 71.5 cm³/mol. The lowest BCUT2D eigenvalue weighted by molar-refractivity contribution is 0.147. The van der Waals surface area contributed by atoms with Gasteiger partial charge >= 0.3 is 0 Å². The van der Waals surface area contributed by atoms with Gasteiger partial charge in [-0.1, -0.05) is 19.1 Å². The highest BCUT2D eigenvalue weighted by atomic mass is 16.5. The van der Waals surface area contributed by atoms with E-state index < -0.39 is 0 Å². The van der Waals surface area contributed by atoms with Crippen molar-refractivity contribution in [3.05, 3.63) is 29.3 Å². The second-order valence-electron chi connectivity index (χ2n) is 4.53. The molecule has 1 aliphatic rings. The molecule has 94 valence electrons. The molecule has 0 spiro atoms. The number of methoxy groups -OCH3 is 1. The van der Waals surface area contributed by atoms with Crippen LogP contribution in [0.15, 0.2) is 18.2 Å². The summed E-state index contributed by atoms with van der Waals surface area (Å²) in [7, 11) is 1.76. The lowest BCUT2D eigenvalue weighted by Gasteiger charge is -2.20. The summed E-state index contributed by atoms with van der Waals surface area (Å²) >= 11 is 0. The largest absolute Gasteiger partial charge is 0.384 e. The SMILES string of the molecule is CCN(CCOC)Cc1ccc2c(c1)CCN2. The lowest BCUT2D eigenvalue weighted by atomic mass is 10.1. The molecule has 0 saturated heterocycles. The van der Waals surface area contributed by atoms with Crippen LogP contribution in [0.4, 0.5) is 5.69 Å². The van der Waals surface area contributed by atoms with Crippen molar-refractivity contribution in [1.29, 1.82) is 0 Å². The fraction of sp³-hybridized carbons (Fsp3) is 0.571. The van der Waals surface area contributed by atoms with Gasteiger partial charge in [0.2, 0.25) is 0 Å². The van der Waals surface area contributed by atoms with Gasteiger partial charge in [-0.05, 0) is 30.2 Å². The zero-order chi connectivity index (χ0) is 12.1. The number of likely N-dealkylation sites (N-methyl/N-ethyl adjacent to an activating group) is 1.